The maximum atomic E-state index is 10.5. The molecule has 0 heterocycles. The van der Waals surface area contributed by atoms with Crippen molar-refractivity contribution in [3.8, 4) is 0 Å². The van der Waals surface area contributed by atoms with Crippen molar-refractivity contribution in [2.45, 2.75) is 96.2 Å². The van der Waals surface area contributed by atoms with Gasteiger partial charge in [-0.3, -0.25) is 4.79 Å². The van der Waals surface area contributed by atoms with Crippen molar-refractivity contribution in [2.24, 2.45) is 22.9 Å². The molecule has 0 amide bonds. The summed E-state index contributed by atoms with van der Waals surface area (Å²) in [5.41, 5.74) is 1.01. The van der Waals surface area contributed by atoms with Crippen molar-refractivity contribution >= 4 is 11.7 Å². The maximum absolute atomic E-state index is 10.5. The molecule has 3 N–H and O–H groups in total. The van der Waals surface area contributed by atoms with Crippen LogP contribution in [0.3, 0.4) is 0 Å². The lowest BCUT2D eigenvalue weighted by atomic mass is 9.73. The lowest BCUT2D eigenvalue weighted by molar-refractivity contribution is -0.137. The van der Waals surface area contributed by atoms with E-state index in [4.69, 9.17) is 9.94 Å². The van der Waals surface area contributed by atoms with E-state index in [1.165, 1.54) is 25.7 Å². The Hall–Kier alpha value is -1.14. The number of carboxylic acid groups (broad SMARTS) is 1. The highest BCUT2D eigenvalue weighted by atomic mass is 16.6. The second kappa shape index (κ2) is 11.6. The van der Waals surface area contributed by atoms with Gasteiger partial charge in [-0.15, -0.1) is 0 Å². The summed E-state index contributed by atoms with van der Waals surface area (Å²) < 4.78 is 0. The van der Waals surface area contributed by atoms with Crippen LogP contribution in [-0.2, 0) is 9.63 Å². The zero-order chi connectivity index (χ0) is 19.6. The highest BCUT2D eigenvalue weighted by Gasteiger charge is 2.51. The first-order chi connectivity index (χ1) is 13.0. The highest BCUT2D eigenvalue weighted by molar-refractivity contribution is 5.93. The monoisotopic (exact) mass is 383 g/mol. The zero-order valence-electron chi connectivity index (χ0n) is 16.7. The molecular formula is C21H37NO5. The Bertz CT molecular complexity index is 481. The molecule has 0 aromatic rings. The number of aliphatic hydroxyl groups excluding tert-OH is 2. The van der Waals surface area contributed by atoms with Crippen molar-refractivity contribution < 1.29 is 25.0 Å². The van der Waals surface area contributed by atoms with Gasteiger partial charge in [-0.1, -0.05) is 44.2 Å². The number of carbonyl (C=O) groups is 1. The van der Waals surface area contributed by atoms with Crippen molar-refractivity contribution in [1.82, 2.24) is 0 Å². The molecule has 2 saturated carbocycles. The zero-order valence-corrected chi connectivity index (χ0v) is 16.7. The van der Waals surface area contributed by atoms with Crippen LogP contribution in [0, 0.1) is 17.8 Å². The fourth-order valence-corrected chi connectivity index (χ4v) is 4.45. The van der Waals surface area contributed by atoms with E-state index in [0.29, 0.717) is 18.9 Å². The molecule has 0 radical (unpaired) electrons. The van der Waals surface area contributed by atoms with Gasteiger partial charge < -0.3 is 20.2 Å². The minimum absolute atomic E-state index is 0.0959. The van der Waals surface area contributed by atoms with Gasteiger partial charge in [0.25, 0.3) is 0 Å². The highest BCUT2D eigenvalue weighted by Crippen LogP contribution is 2.49. The molecule has 0 bridgehead atoms. The number of rotatable bonds is 14. The van der Waals surface area contributed by atoms with Crippen molar-refractivity contribution in [3.63, 3.8) is 0 Å². The first-order valence-electron chi connectivity index (χ1n) is 10.8. The summed E-state index contributed by atoms with van der Waals surface area (Å²) in [5, 5.41) is 33.5. The SMILES string of the molecule is CCCCCCCC(O)CCC1CC2C(=NOCCCC(=O)O)CC2C1O. The molecule has 0 spiro atoms. The van der Waals surface area contributed by atoms with Crippen LogP contribution in [0.5, 0.6) is 0 Å². The molecule has 2 aliphatic carbocycles. The second-order valence-electron chi connectivity index (χ2n) is 8.31. The smallest absolute Gasteiger partial charge is 0.303 e. The van der Waals surface area contributed by atoms with E-state index in [-0.39, 0.29) is 30.5 Å². The Balaban J connectivity index is 1.61. The van der Waals surface area contributed by atoms with Crippen molar-refractivity contribution in [1.29, 1.82) is 0 Å². The van der Waals surface area contributed by atoms with Crippen LogP contribution in [0.4, 0.5) is 0 Å². The molecule has 2 fully saturated rings. The molecule has 0 saturated heterocycles. The largest absolute Gasteiger partial charge is 0.481 e. The average Bonchev–Trinajstić information content (AvgIpc) is 2.86. The summed E-state index contributed by atoms with van der Waals surface area (Å²) in [5.74, 6) is 0.00698. The number of aliphatic carboxylic acids is 1. The van der Waals surface area contributed by atoms with Gasteiger partial charge in [-0.2, -0.15) is 0 Å². The molecule has 27 heavy (non-hydrogen) atoms. The van der Waals surface area contributed by atoms with E-state index in [1.54, 1.807) is 0 Å². The number of fused-ring (bicyclic) bond motifs is 1. The number of aliphatic hydroxyl groups is 2. The average molecular weight is 384 g/mol. The van der Waals surface area contributed by atoms with Crippen LogP contribution in [0.1, 0.15) is 84.0 Å². The van der Waals surface area contributed by atoms with Gasteiger partial charge in [0, 0.05) is 12.3 Å². The summed E-state index contributed by atoms with van der Waals surface area (Å²) >= 11 is 0. The third kappa shape index (κ3) is 7.07. The number of oxime groups is 1. The third-order valence-corrected chi connectivity index (χ3v) is 6.19. The molecule has 2 rings (SSSR count). The van der Waals surface area contributed by atoms with Crippen LogP contribution in [0.2, 0.25) is 0 Å². The minimum Gasteiger partial charge on any atom is -0.481 e. The fraction of sp³-hybridized carbons (Fsp3) is 0.905. The van der Waals surface area contributed by atoms with E-state index in [9.17, 15) is 15.0 Å². The molecule has 5 atom stereocenters. The summed E-state index contributed by atoms with van der Waals surface area (Å²) in [6.45, 7) is 2.53. The first kappa shape index (κ1) is 22.2. The minimum atomic E-state index is -0.820. The van der Waals surface area contributed by atoms with Crippen LogP contribution in [-0.4, -0.2) is 45.8 Å². The lowest BCUT2D eigenvalue weighted by Crippen LogP contribution is -2.38. The van der Waals surface area contributed by atoms with Gasteiger partial charge in [0.1, 0.15) is 6.61 Å². The van der Waals surface area contributed by atoms with Gasteiger partial charge in [0.05, 0.1) is 17.9 Å². The number of carboxylic acids is 1. The molecular weight excluding hydrogens is 346 g/mol. The standard InChI is InChI=1S/C21H37NO5/c1-2-3-4-5-6-8-16(23)11-10-15-13-17-18(21(15)26)14-19(17)22-27-12-7-9-20(24)25/h15-18,21,23,26H,2-14H2,1H3,(H,24,25). The normalized spacial score (nSPS) is 29.4. The van der Waals surface area contributed by atoms with Crippen molar-refractivity contribution in [3.05, 3.63) is 0 Å². The number of hydrogen-bond donors (Lipinski definition) is 3. The summed E-state index contributed by atoms with van der Waals surface area (Å²) in [4.78, 5) is 15.7. The molecule has 6 nitrogen and oxygen atoms in total. The van der Waals surface area contributed by atoms with E-state index in [0.717, 1.165) is 44.2 Å². The summed E-state index contributed by atoms with van der Waals surface area (Å²) in [6, 6.07) is 0. The topological polar surface area (TPSA) is 99.4 Å². The Labute approximate surface area is 163 Å². The van der Waals surface area contributed by atoms with E-state index in [2.05, 4.69) is 12.1 Å². The molecule has 6 heteroatoms. The Morgan fingerprint density at radius 2 is 2.00 bits per heavy atom. The Morgan fingerprint density at radius 1 is 1.22 bits per heavy atom. The van der Waals surface area contributed by atoms with Crippen LogP contribution in [0.15, 0.2) is 5.16 Å². The summed E-state index contributed by atoms with van der Waals surface area (Å²) in [6.07, 6.45) is 10.3. The molecule has 0 aliphatic heterocycles. The first-order valence-corrected chi connectivity index (χ1v) is 10.8. The Kier molecular flexibility index (Phi) is 9.56. The molecule has 0 aromatic heterocycles. The van der Waals surface area contributed by atoms with Crippen LogP contribution in [0.25, 0.3) is 0 Å². The second-order valence-corrected chi connectivity index (χ2v) is 8.31. The van der Waals surface area contributed by atoms with E-state index >= 15 is 0 Å². The third-order valence-electron chi connectivity index (χ3n) is 6.19. The van der Waals surface area contributed by atoms with Gasteiger partial charge >= 0.3 is 5.97 Å². The number of nitrogens with zero attached hydrogens (tertiary/aromatic N) is 1. The summed E-state index contributed by atoms with van der Waals surface area (Å²) in [7, 11) is 0. The van der Waals surface area contributed by atoms with Gasteiger partial charge in [-0.05, 0) is 50.4 Å². The number of hydrogen-bond acceptors (Lipinski definition) is 5. The Morgan fingerprint density at radius 3 is 2.74 bits per heavy atom. The maximum Gasteiger partial charge on any atom is 0.303 e. The van der Waals surface area contributed by atoms with E-state index in [1.807, 2.05) is 0 Å². The van der Waals surface area contributed by atoms with Gasteiger partial charge in [-0.25, -0.2) is 0 Å². The molecule has 5 unspecified atom stereocenters. The predicted molar refractivity (Wildman–Crippen MR) is 105 cm³/mol. The van der Waals surface area contributed by atoms with Gasteiger partial charge in [0.15, 0.2) is 0 Å². The van der Waals surface area contributed by atoms with Crippen LogP contribution >= 0.6 is 0 Å². The van der Waals surface area contributed by atoms with Crippen molar-refractivity contribution in [2.75, 3.05) is 6.61 Å². The van der Waals surface area contributed by atoms with Crippen LogP contribution < -0.4 is 0 Å². The molecule has 0 aromatic carbocycles. The fourth-order valence-electron chi connectivity index (χ4n) is 4.45. The number of unbranched alkanes of at least 4 members (excludes halogenated alkanes) is 4. The van der Waals surface area contributed by atoms with Gasteiger partial charge in [0.2, 0.25) is 0 Å². The lowest BCUT2D eigenvalue weighted by Gasteiger charge is -2.33. The predicted octanol–water partition coefficient (Wildman–Crippen LogP) is 3.74. The molecule has 2 aliphatic rings. The van der Waals surface area contributed by atoms with E-state index < -0.39 is 5.97 Å². The molecule has 156 valence electrons. The quantitative estimate of drug-likeness (QED) is 0.313.